The van der Waals surface area contributed by atoms with Crippen LogP contribution in [0, 0.1) is 20.8 Å². The van der Waals surface area contributed by atoms with Gasteiger partial charge in [0, 0.05) is 89.8 Å². The fourth-order valence-electron chi connectivity index (χ4n) is 11.7. The molecule has 6 aromatic carbocycles. The van der Waals surface area contributed by atoms with Gasteiger partial charge in [0.05, 0.1) is 13.1 Å². The first-order chi connectivity index (χ1) is 48.4. The van der Waals surface area contributed by atoms with Gasteiger partial charge in [-0.05, 0) is 165 Å². The molecule has 0 aliphatic rings. The fraction of sp³-hybridized carbons (Fsp3) is 0.250. The Bertz CT molecular complexity index is 4760. The highest BCUT2D eigenvalue weighted by atomic mass is 16.4. The fourth-order valence-corrected chi connectivity index (χ4v) is 11.7. The molecule has 20 nitrogen and oxygen atoms in total. The van der Waals surface area contributed by atoms with Crippen LogP contribution in [0.25, 0.3) is 32.3 Å². The number of aryl methyl sites for hydroxylation is 11. The Morgan fingerprint density at radius 1 is 0.370 bits per heavy atom. The zero-order valence-corrected chi connectivity index (χ0v) is 56.8. The van der Waals surface area contributed by atoms with Crippen LogP contribution in [0.3, 0.4) is 0 Å². The van der Waals surface area contributed by atoms with Crippen LogP contribution in [0.15, 0.2) is 215 Å². The third kappa shape index (κ3) is 20.7. The van der Waals surface area contributed by atoms with Crippen molar-refractivity contribution in [3.05, 3.63) is 300 Å². The van der Waals surface area contributed by atoms with E-state index in [-0.39, 0.29) is 47.9 Å². The van der Waals surface area contributed by atoms with E-state index in [0.29, 0.717) is 103 Å². The van der Waals surface area contributed by atoms with Gasteiger partial charge in [-0.1, -0.05) is 140 Å². The largest absolute Gasteiger partial charge is 0.480 e. The maximum absolute atomic E-state index is 13.0. The lowest BCUT2D eigenvalue weighted by atomic mass is 10.0. The van der Waals surface area contributed by atoms with Crippen molar-refractivity contribution in [2.45, 2.75) is 130 Å². The molecule has 12 aromatic rings. The maximum atomic E-state index is 13.0. The Labute approximate surface area is 580 Å². The number of carboxylic acids is 1. The van der Waals surface area contributed by atoms with Gasteiger partial charge in [-0.15, -0.1) is 0 Å². The summed E-state index contributed by atoms with van der Waals surface area (Å²) >= 11 is 0. The molecule has 0 spiro atoms. The number of aromatic nitrogens is 9. The average molecular weight is 1340 g/mol. The summed E-state index contributed by atoms with van der Waals surface area (Å²) in [5.41, 5.74) is 32.8. The number of hydrogen-bond acceptors (Lipinski definition) is 16. The predicted molar refractivity (Wildman–Crippen MR) is 396 cm³/mol. The van der Waals surface area contributed by atoms with Crippen LogP contribution in [0.5, 0.6) is 0 Å². The number of ketones is 2. The van der Waals surface area contributed by atoms with Gasteiger partial charge >= 0.3 is 5.97 Å². The van der Waals surface area contributed by atoms with Gasteiger partial charge in [0.2, 0.25) is 0 Å². The van der Waals surface area contributed by atoms with Crippen molar-refractivity contribution >= 4 is 67.3 Å². The number of pyridine rings is 3. The first-order valence-corrected chi connectivity index (χ1v) is 33.5. The number of nitrogens with two attached hydrogens (primary N) is 4. The molecule has 9 N–H and O–H groups in total. The summed E-state index contributed by atoms with van der Waals surface area (Å²) in [6.45, 7) is 5.70. The molecule has 6 heterocycles. The van der Waals surface area contributed by atoms with Crippen LogP contribution >= 0.6 is 0 Å². The minimum atomic E-state index is -1.03. The lowest BCUT2D eigenvalue weighted by Crippen LogP contribution is -2.30. The summed E-state index contributed by atoms with van der Waals surface area (Å²) in [6, 6.07) is 54.1. The molecule has 0 aliphatic carbocycles. The number of carbonyl (C=O) groups is 3. The molecular weight excluding hydrogens is 1250 g/mol. The van der Waals surface area contributed by atoms with Crippen LogP contribution < -0.4 is 39.6 Å². The molecule has 0 radical (unpaired) electrons. The second-order valence-corrected chi connectivity index (χ2v) is 24.7. The molecule has 0 fully saturated rings. The third-order valence-electron chi connectivity index (χ3n) is 17.3. The van der Waals surface area contributed by atoms with E-state index in [9.17, 15) is 28.8 Å². The third-order valence-corrected chi connectivity index (χ3v) is 17.3. The summed E-state index contributed by atoms with van der Waals surface area (Å²) in [5, 5.41) is 14.8. The van der Waals surface area contributed by atoms with Gasteiger partial charge in [0.25, 0.3) is 16.7 Å². The van der Waals surface area contributed by atoms with Crippen LogP contribution in [0.2, 0.25) is 0 Å². The number of carbonyl (C=O) groups excluding carboxylic acids is 2. The normalized spacial score (nSPS) is 10.9. The summed E-state index contributed by atoms with van der Waals surface area (Å²) in [6.07, 6.45) is 18.8. The number of nitrogen functional groups attached to an aromatic ring is 3. The Kier molecular flexibility index (Phi) is 26.2. The van der Waals surface area contributed by atoms with Crippen LogP contribution in [-0.4, -0.2) is 66.2 Å². The SMILES string of the molecule is Cc1cnc(CCCc2ccccc2)c(=O)n1CC(=O)CCc1ccc2c(N)nccc2c1.Cc1cnc(CCCc2ccccc2)c(=O)n1CC(=O)CCc1ccc2c(N)nccc2c1.Cc1cnc(CCCc2ccccc2)c(=O)n1CC(=O)O.NCc1ccc2c(N)nccc2c1. The molecular formula is C80H85N13O7. The van der Waals surface area contributed by atoms with E-state index in [1.54, 1.807) is 53.2 Å². The molecule has 0 saturated heterocycles. The average Bonchev–Trinajstić information content (AvgIpc) is 0.875. The number of carboxylic acid groups (broad SMARTS) is 1. The molecule has 512 valence electrons. The molecule has 12 rings (SSSR count). The van der Waals surface area contributed by atoms with Crippen molar-refractivity contribution in [3.8, 4) is 0 Å². The van der Waals surface area contributed by atoms with E-state index in [1.807, 2.05) is 153 Å². The molecule has 0 amide bonds. The number of aliphatic carboxylic acids is 1. The van der Waals surface area contributed by atoms with E-state index in [1.165, 1.54) is 21.3 Å². The van der Waals surface area contributed by atoms with E-state index >= 15 is 0 Å². The molecule has 0 aliphatic heterocycles. The molecule has 20 heteroatoms. The Balaban J connectivity index is 0.000000164. The number of anilines is 3. The minimum Gasteiger partial charge on any atom is -0.480 e. The van der Waals surface area contributed by atoms with Gasteiger partial charge in [-0.25, -0.2) is 15.0 Å². The number of nitrogens with zero attached hydrogens (tertiary/aromatic N) is 9. The van der Waals surface area contributed by atoms with Gasteiger partial charge in [0.1, 0.15) is 41.1 Å². The molecule has 100 heavy (non-hydrogen) atoms. The minimum absolute atomic E-state index is 0.0241. The quantitative estimate of drug-likeness (QED) is 0.0355. The van der Waals surface area contributed by atoms with E-state index in [2.05, 4.69) is 54.2 Å². The maximum Gasteiger partial charge on any atom is 0.323 e. The predicted octanol–water partition coefficient (Wildman–Crippen LogP) is 11.2. The van der Waals surface area contributed by atoms with Crippen molar-refractivity contribution in [2.24, 2.45) is 5.73 Å². The summed E-state index contributed by atoms with van der Waals surface area (Å²) in [5.74, 6) is 0.596. The molecule has 6 aromatic heterocycles. The zero-order chi connectivity index (χ0) is 70.9. The van der Waals surface area contributed by atoms with Crippen LogP contribution in [0.1, 0.15) is 99.6 Å². The highest BCUT2D eigenvalue weighted by molar-refractivity contribution is 5.93. The highest BCUT2D eigenvalue weighted by Gasteiger charge is 2.16. The lowest BCUT2D eigenvalue weighted by Gasteiger charge is -2.11. The van der Waals surface area contributed by atoms with Gasteiger partial charge in [-0.2, -0.15) is 0 Å². The van der Waals surface area contributed by atoms with Crippen molar-refractivity contribution in [3.63, 3.8) is 0 Å². The topological polar surface area (TPSA) is 319 Å². The van der Waals surface area contributed by atoms with Gasteiger partial charge in [-0.3, -0.25) is 48.3 Å². The number of fused-ring (bicyclic) bond motifs is 3. The second-order valence-electron chi connectivity index (χ2n) is 24.7. The van der Waals surface area contributed by atoms with Gasteiger partial charge in [0.15, 0.2) is 11.6 Å². The number of hydrogen-bond donors (Lipinski definition) is 5. The molecule has 0 saturated carbocycles. The standard InChI is InChI=1S/2C27H28N4O2.C16H18N2O3.C10H11N3/c2*1-19-17-30-25(9-5-8-20-6-3-2-4-7-20)27(33)31(19)18-23(32)12-10-21-11-13-24-22(16-21)14-15-29-26(24)28;1-12-10-17-14(16(21)18(12)11-15(19)20)9-5-8-13-6-3-2-4-7-13;11-6-7-1-2-9-8(5-7)3-4-13-10(9)12/h2*2-4,6-7,11,13-17H,5,8-10,12,18H2,1H3,(H2,28,29);2-4,6-7,10H,5,8-9,11H2,1H3,(H,19,20);1-5H,6,11H2,(H2,12,13). The van der Waals surface area contributed by atoms with Crippen molar-refractivity contribution in [2.75, 3.05) is 17.2 Å². The van der Waals surface area contributed by atoms with Gasteiger partial charge < -0.3 is 37.2 Å². The second kappa shape index (κ2) is 36.1. The molecule has 0 unspecified atom stereocenters. The molecule has 0 atom stereocenters. The van der Waals surface area contributed by atoms with E-state index < -0.39 is 5.97 Å². The number of rotatable bonds is 25. The Morgan fingerprint density at radius 2 is 0.680 bits per heavy atom. The first-order valence-electron chi connectivity index (χ1n) is 33.5. The Morgan fingerprint density at radius 3 is 1.00 bits per heavy atom. The monoisotopic (exact) mass is 1340 g/mol. The van der Waals surface area contributed by atoms with Crippen LogP contribution in [0.4, 0.5) is 17.5 Å². The molecule has 0 bridgehead atoms. The van der Waals surface area contributed by atoms with E-state index in [4.69, 9.17) is 28.0 Å². The smallest absolute Gasteiger partial charge is 0.323 e. The number of Topliss-reactive ketones (excluding diaryl/α,β-unsaturated/α-hetero) is 2. The van der Waals surface area contributed by atoms with Crippen molar-refractivity contribution < 1.29 is 19.5 Å². The summed E-state index contributed by atoms with van der Waals surface area (Å²) in [7, 11) is 0. The van der Waals surface area contributed by atoms with E-state index in [0.717, 1.165) is 87.5 Å². The highest BCUT2D eigenvalue weighted by Crippen LogP contribution is 2.24. The lowest BCUT2D eigenvalue weighted by molar-refractivity contribution is -0.137. The Hall–Kier alpha value is -11.6. The number of benzene rings is 6. The summed E-state index contributed by atoms with van der Waals surface area (Å²) in [4.78, 5) is 99.4. The first kappa shape index (κ1) is 72.6. The van der Waals surface area contributed by atoms with Crippen molar-refractivity contribution in [1.29, 1.82) is 0 Å². The van der Waals surface area contributed by atoms with Crippen molar-refractivity contribution in [1.82, 2.24) is 43.6 Å². The zero-order valence-electron chi connectivity index (χ0n) is 56.8. The summed E-state index contributed by atoms with van der Waals surface area (Å²) < 4.78 is 4.37. The van der Waals surface area contributed by atoms with Crippen LogP contribution in [-0.2, 0) is 91.9 Å².